The van der Waals surface area contributed by atoms with Crippen molar-refractivity contribution < 1.29 is 17.9 Å². The molecule has 2 heterocycles. The van der Waals surface area contributed by atoms with Crippen molar-refractivity contribution in [1.82, 2.24) is 4.98 Å². The highest BCUT2D eigenvalue weighted by atomic mass is 79.9. The summed E-state index contributed by atoms with van der Waals surface area (Å²) >= 11 is 3.35. The zero-order valence-electron chi connectivity index (χ0n) is 12.6. The molecule has 0 saturated carbocycles. The lowest BCUT2D eigenvalue weighted by Gasteiger charge is -2.19. The first-order chi connectivity index (χ1) is 11.0. The van der Waals surface area contributed by atoms with Crippen LogP contribution in [0.3, 0.4) is 0 Å². The molecule has 8 heteroatoms. The van der Waals surface area contributed by atoms with Gasteiger partial charge < -0.3 is 9.47 Å². The summed E-state index contributed by atoms with van der Waals surface area (Å²) in [7, 11) is -0.727. The van der Waals surface area contributed by atoms with Gasteiger partial charge in [0.15, 0.2) is 11.5 Å². The van der Waals surface area contributed by atoms with E-state index in [-0.39, 0.29) is 4.90 Å². The third-order valence-corrected chi connectivity index (χ3v) is 5.89. The number of anilines is 1. The highest BCUT2D eigenvalue weighted by Crippen LogP contribution is 2.35. The molecular weight excluding hydrogens is 384 g/mol. The largest absolute Gasteiger partial charge is 0.493 e. The van der Waals surface area contributed by atoms with Crippen molar-refractivity contribution in [3.63, 3.8) is 0 Å². The summed E-state index contributed by atoms with van der Waals surface area (Å²) in [6.07, 6.45) is 2.23. The van der Waals surface area contributed by atoms with Crippen LogP contribution in [-0.4, -0.2) is 34.2 Å². The fourth-order valence-corrected chi connectivity index (χ4v) is 4.40. The van der Waals surface area contributed by atoms with Crippen molar-refractivity contribution in [3.05, 3.63) is 40.5 Å². The van der Waals surface area contributed by atoms with Gasteiger partial charge in [0.1, 0.15) is 5.82 Å². The number of benzene rings is 1. The molecule has 23 heavy (non-hydrogen) atoms. The van der Waals surface area contributed by atoms with E-state index in [1.165, 1.54) is 30.7 Å². The highest BCUT2D eigenvalue weighted by Gasteiger charge is 2.32. The minimum absolute atomic E-state index is 0.146. The smallest absolute Gasteiger partial charge is 0.265 e. The van der Waals surface area contributed by atoms with Gasteiger partial charge in [0.2, 0.25) is 0 Å². The molecule has 1 aromatic carbocycles. The van der Waals surface area contributed by atoms with Crippen LogP contribution in [0.2, 0.25) is 0 Å². The molecule has 0 fully saturated rings. The van der Waals surface area contributed by atoms with Gasteiger partial charge in [-0.3, -0.25) is 0 Å². The predicted octanol–water partition coefficient (Wildman–Crippen LogP) is 2.61. The van der Waals surface area contributed by atoms with Crippen LogP contribution in [0.1, 0.15) is 5.56 Å². The standard InChI is InChI=1S/C15H15BrN2O4S/c1-21-13-4-3-12(8-14(13)22-2)23(19,20)18-6-5-10-7-11(16)9-17-15(10)18/h3-4,7-9H,5-6H2,1-2H3. The van der Waals surface area contributed by atoms with Gasteiger partial charge in [0.05, 0.1) is 19.1 Å². The average Bonchev–Trinajstić information content (AvgIpc) is 2.97. The van der Waals surface area contributed by atoms with E-state index < -0.39 is 10.0 Å². The molecule has 0 aliphatic carbocycles. The van der Waals surface area contributed by atoms with Crippen molar-refractivity contribution in [2.24, 2.45) is 0 Å². The Hall–Kier alpha value is -1.80. The van der Waals surface area contributed by atoms with Crippen molar-refractivity contribution in [2.45, 2.75) is 11.3 Å². The highest BCUT2D eigenvalue weighted by molar-refractivity contribution is 9.10. The van der Waals surface area contributed by atoms with Crippen LogP contribution < -0.4 is 13.8 Å². The molecule has 2 aromatic rings. The fraction of sp³-hybridized carbons (Fsp3) is 0.267. The summed E-state index contributed by atoms with van der Waals surface area (Å²) in [5.41, 5.74) is 0.906. The second kappa shape index (κ2) is 6.01. The summed E-state index contributed by atoms with van der Waals surface area (Å²) in [6.45, 7) is 0.371. The number of hydrogen-bond donors (Lipinski definition) is 0. The number of halogens is 1. The summed E-state index contributed by atoms with van der Waals surface area (Å²) in [5, 5.41) is 0. The SMILES string of the molecule is COc1ccc(S(=O)(=O)N2CCc3cc(Br)cnc32)cc1OC. The Morgan fingerprint density at radius 3 is 2.61 bits per heavy atom. The number of pyridine rings is 1. The topological polar surface area (TPSA) is 68.7 Å². The molecule has 122 valence electrons. The van der Waals surface area contributed by atoms with Gasteiger partial charge in [-0.25, -0.2) is 17.7 Å². The monoisotopic (exact) mass is 398 g/mol. The van der Waals surface area contributed by atoms with Crippen LogP contribution in [0.25, 0.3) is 0 Å². The molecule has 1 aromatic heterocycles. The van der Waals surface area contributed by atoms with E-state index in [2.05, 4.69) is 20.9 Å². The van der Waals surface area contributed by atoms with Crippen LogP contribution in [0.15, 0.2) is 39.8 Å². The lowest BCUT2D eigenvalue weighted by atomic mass is 10.2. The number of fused-ring (bicyclic) bond motifs is 1. The van der Waals surface area contributed by atoms with Crippen molar-refractivity contribution >= 4 is 31.8 Å². The predicted molar refractivity (Wildman–Crippen MR) is 89.7 cm³/mol. The van der Waals surface area contributed by atoms with E-state index in [1.807, 2.05) is 6.07 Å². The Morgan fingerprint density at radius 1 is 1.17 bits per heavy atom. The van der Waals surface area contributed by atoms with Gasteiger partial charge in [-0.2, -0.15) is 0 Å². The zero-order valence-corrected chi connectivity index (χ0v) is 15.0. The molecule has 0 radical (unpaired) electrons. The molecule has 6 nitrogen and oxygen atoms in total. The lowest BCUT2D eigenvalue weighted by Crippen LogP contribution is -2.29. The summed E-state index contributed by atoms with van der Waals surface area (Å²) in [6, 6.07) is 6.45. The molecule has 0 saturated heterocycles. The van der Waals surface area contributed by atoms with E-state index >= 15 is 0 Å². The van der Waals surface area contributed by atoms with Gasteiger partial charge >= 0.3 is 0 Å². The molecule has 1 aliphatic heterocycles. The van der Waals surface area contributed by atoms with Crippen LogP contribution in [0.4, 0.5) is 5.82 Å². The molecule has 3 rings (SSSR count). The minimum Gasteiger partial charge on any atom is -0.493 e. The van der Waals surface area contributed by atoms with E-state index in [0.717, 1.165) is 10.0 Å². The van der Waals surface area contributed by atoms with Crippen molar-refractivity contribution in [3.8, 4) is 11.5 Å². The van der Waals surface area contributed by atoms with Crippen LogP contribution in [-0.2, 0) is 16.4 Å². The quantitative estimate of drug-likeness (QED) is 0.791. The Bertz CT molecular complexity index is 855. The van der Waals surface area contributed by atoms with Crippen LogP contribution in [0, 0.1) is 0 Å². The number of nitrogens with zero attached hydrogens (tertiary/aromatic N) is 2. The summed E-state index contributed by atoms with van der Waals surface area (Å²) in [4.78, 5) is 4.40. The van der Waals surface area contributed by atoms with Gasteiger partial charge in [0, 0.05) is 23.3 Å². The number of ether oxygens (including phenoxy) is 2. The van der Waals surface area contributed by atoms with Crippen LogP contribution >= 0.6 is 15.9 Å². The third-order valence-electron chi connectivity index (χ3n) is 3.67. The summed E-state index contributed by atoms with van der Waals surface area (Å²) in [5.74, 6) is 1.33. The van der Waals surface area contributed by atoms with Crippen molar-refractivity contribution in [1.29, 1.82) is 0 Å². The molecular formula is C15H15BrN2O4S. The Morgan fingerprint density at radius 2 is 1.91 bits per heavy atom. The average molecular weight is 399 g/mol. The zero-order chi connectivity index (χ0) is 16.6. The number of methoxy groups -OCH3 is 2. The van der Waals surface area contributed by atoms with Gasteiger partial charge in [-0.1, -0.05) is 0 Å². The Kier molecular flexibility index (Phi) is 4.20. The molecule has 0 amide bonds. The molecule has 0 unspecified atom stereocenters. The van der Waals surface area contributed by atoms with E-state index in [4.69, 9.17) is 9.47 Å². The van der Waals surface area contributed by atoms with Gasteiger partial charge in [0.25, 0.3) is 10.0 Å². The first-order valence-corrected chi connectivity index (χ1v) is 9.10. The maximum Gasteiger partial charge on any atom is 0.265 e. The molecule has 0 atom stereocenters. The fourth-order valence-electron chi connectivity index (χ4n) is 2.55. The molecule has 0 N–H and O–H groups in total. The summed E-state index contributed by atoms with van der Waals surface area (Å²) < 4.78 is 38.4. The van der Waals surface area contributed by atoms with Gasteiger partial charge in [-0.05, 0) is 46.1 Å². The van der Waals surface area contributed by atoms with Gasteiger partial charge in [-0.15, -0.1) is 0 Å². The first kappa shape index (κ1) is 16.1. The van der Waals surface area contributed by atoms with Crippen LogP contribution in [0.5, 0.6) is 11.5 Å². The first-order valence-electron chi connectivity index (χ1n) is 6.86. The van der Waals surface area contributed by atoms with Crippen molar-refractivity contribution in [2.75, 3.05) is 25.1 Å². The third kappa shape index (κ3) is 2.76. The Balaban J connectivity index is 2.04. The lowest BCUT2D eigenvalue weighted by molar-refractivity contribution is 0.354. The molecule has 0 bridgehead atoms. The number of aromatic nitrogens is 1. The minimum atomic E-state index is -3.70. The van der Waals surface area contributed by atoms with E-state index in [0.29, 0.717) is 30.3 Å². The number of sulfonamides is 1. The maximum absolute atomic E-state index is 12.9. The molecule has 0 spiro atoms. The second-order valence-corrected chi connectivity index (χ2v) is 7.76. The van der Waals surface area contributed by atoms with E-state index in [9.17, 15) is 8.42 Å². The van der Waals surface area contributed by atoms with E-state index in [1.54, 1.807) is 12.3 Å². The molecule has 1 aliphatic rings. The second-order valence-electron chi connectivity index (χ2n) is 4.98. The number of rotatable bonds is 4. The normalized spacial score (nSPS) is 13.8. The number of hydrogen-bond acceptors (Lipinski definition) is 5. The maximum atomic E-state index is 12.9. The Labute approximate surface area is 143 Å².